The number of aromatic nitrogens is 4. The monoisotopic (exact) mass is 589 g/mol. The summed E-state index contributed by atoms with van der Waals surface area (Å²) >= 11 is 0. The maximum absolute atomic E-state index is 13.8. The number of aryl methyl sites for hydroxylation is 1. The molecule has 0 bridgehead atoms. The van der Waals surface area contributed by atoms with E-state index in [2.05, 4.69) is 56.6 Å². The molecule has 43 heavy (non-hydrogen) atoms. The van der Waals surface area contributed by atoms with Crippen molar-refractivity contribution in [1.29, 1.82) is 0 Å². The highest BCUT2D eigenvalue weighted by Gasteiger charge is 2.30. The van der Waals surface area contributed by atoms with E-state index in [0.29, 0.717) is 25.8 Å². The molecule has 3 aliphatic heterocycles. The Kier molecular flexibility index (Phi) is 9.81. The Morgan fingerprint density at radius 1 is 0.884 bits per heavy atom. The van der Waals surface area contributed by atoms with E-state index in [4.69, 9.17) is 14.2 Å². The molecule has 0 radical (unpaired) electrons. The van der Waals surface area contributed by atoms with Crippen molar-refractivity contribution in [3.05, 3.63) is 65.0 Å². The van der Waals surface area contributed by atoms with Crippen LogP contribution in [-0.4, -0.2) is 101 Å². The molecule has 11 nitrogen and oxygen atoms in total. The first-order valence-corrected chi connectivity index (χ1v) is 15.7. The van der Waals surface area contributed by atoms with E-state index in [-0.39, 0.29) is 18.5 Å². The molecular weight excluding hydrogens is 546 g/mol. The first kappa shape index (κ1) is 29.5. The maximum atomic E-state index is 13.8. The molecule has 1 atom stereocenters. The van der Waals surface area contributed by atoms with Crippen LogP contribution in [0.15, 0.2) is 42.5 Å². The number of amides is 1. The number of carbonyl (C=O) groups is 1. The Labute approximate surface area is 253 Å². The van der Waals surface area contributed by atoms with Crippen LogP contribution in [0, 0.1) is 0 Å². The van der Waals surface area contributed by atoms with Gasteiger partial charge in [-0.05, 0) is 84.9 Å². The molecule has 3 aromatic rings. The fraction of sp³-hybridized carbons (Fsp3) is 0.562. The van der Waals surface area contributed by atoms with Crippen LogP contribution >= 0.6 is 0 Å². The molecule has 6 rings (SSSR count). The largest absolute Gasteiger partial charge is 0.454 e. The summed E-state index contributed by atoms with van der Waals surface area (Å²) in [5, 5.41) is 12.8. The highest BCUT2D eigenvalue weighted by Crippen LogP contribution is 2.36. The molecule has 1 fully saturated rings. The molecule has 0 aliphatic carbocycles. The number of tetrazole rings is 1. The maximum Gasteiger partial charge on any atom is 0.244 e. The molecule has 230 valence electrons. The lowest BCUT2D eigenvalue weighted by Gasteiger charge is -2.34. The highest BCUT2D eigenvalue weighted by atomic mass is 16.7. The zero-order valence-electron chi connectivity index (χ0n) is 25.2. The zero-order chi connectivity index (χ0) is 29.4. The van der Waals surface area contributed by atoms with Crippen molar-refractivity contribution >= 4 is 5.91 Å². The Morgan fingerprint density at radius 2 is 1.60 bits per heavy atom. The summed E-state index contributed by atoms with van der Waals surface area (Å²) in [7, 11) is 2.17. The fourth-order valence-electron chi connectivity index (χ4n) is 6.36. The number of hydrogen-bond acceptors (Lipinski definition) is 9. The fourth-order valence-corrected chi connectivity index (χ4v) is 6.36. The van der Waals surface area contributed by atoms with E-state index in [1.165, 1.54) is 11.1 Å². The summed E-state index contributed by atoms with van der Waals surface area (Å²) in [6.45, 7) is 6.67. The SMILES string of the molecule is CN1CCCCN(C(=O)Cn2nnnc2C(c2ccccc2)N2CCOCC2)CCCCCc2cc3c(cc2C1)OCO3. The van der Waals surface area contributed by atoms with Crippen LogP contribution in [-0.2, 0) is 29.0 Å². The van der Waals surface area contributed by atoms with Crippen molar-refractivity contribution in [2.24, 2.45) is 0 Å². The summed E-state index contributed by atoms with van der Waals surface area (Å²) in [5.74, 6) is 2.48. The Hall–Kier alpha value is -3.54. The van der Waals surface area contributed by atoms with Crippen LogP contribution in [0.3, 0.4) is 0 Å². The molecule has 0 N–H and O–H groups in total. The van der Waals surface area contributed by atoms with Crippen LogP contribution in [0.25, 0.3) is 0 Å². The second-order valence-corrected chi connectivity index (χ2v) is 11.8. The number of ether oxygens (including phenoxy) is 3. The zero-order valence-corrected chi connectivity index (χ0v) is 25.2. The molecule has 11 heteroatoms. The minimum atomic E-state index is -0.136. The van der Waals surface area contributed by atoms with E-state index in [1.807, 2.05) is 23.1 Å². The van der Waals surface area contributed by atoms with Crippen LogP contribution in [0.2, 0.25) is 0 Å². The van der Waals surface area contributed by atoms with Crippen molar-refractivity contribution < 1.29 is 19.0 Å². The average Bonchev–Trinajstić information content (AvgIpc) is 3.68. The minimum Gasteiger partial charge on any atom is -0.454 e. The van der Waals surface area contributed by atoms with Crippen LogP contribution in [0.1, 0.15) is 60.7 Å². The standard InChI is InChI=1S/C32H43N7O4/c1-36-13-8-9-15-37(14-7-3-6-12-26-20-28-29(43-24-42-28)21-27(26)22-36)30(40)23-39-32(33-34-35-39)31(25-10-4-2-5-11-25)38-16-18-41-19-17-38/h2,4-5,10-11,20-21,31H,3,6-9,12-19,22-24H2,1H3. The van der Waals surface area contributed by atoms with Gasteiger partial charge in [0.25, 0.3) is 0 Å². The lowest BCUT2D eigenvalue weighted by atomic mass is 9.99. The number of fused-ring (bicyclic) bond motifs is 2. The van der Waals surface area contributed by atoms with Gasteiger partial charge in [0, 0.05) is 32.7 Å². The lowest BCUT2D eigenvalue weighted by molar-refractivity contribution is -0.132. The summed E-state index contributed by atoms with van der Waals surface area (Å²) in [6, 6.07) is 14.5. The molecule has 1 aromatic heterocycles. The third-order valence-corrected chi connectivity index (χ3v) is 8.70. The van der Waals surface area contributed by atoms with E-state index in [9.17, 15) is 4.79 Å². The van der Waals surface area contributed by atoms with Gasteiger partial charge in [0.1, 0.15) is 6.54 Å². The average molecular weight is 590 g/mol. The molecule has 2 aromatic carbocycles. The van der Waals surface area contributed by atoms with Gasteiger partial charge in [-0.3, -0.25) is 9.69 Å². The first-order chi connectivity index (χ1) is 21.2. The van der Waals surface area contributed by atoms with Crippen LogP contribution in [0.4, 0.5) is 0 Å². The van der Waals surface area contributed by atoms with Crippen molar-refractivity contribution in [1.82, 2.24) is 34.9 Å². The van der Waals surface area contributed by atoms with Gasteiger partial charge in [0.2, 0.25) is 12.7 Å². The normalized spacial score (nSPS) is 19.9. The second-order valence-electron chi connectivity index (χ2n) is 11.8. The predicted molar refractivity (Wildman–Crippen MR) is 161 cm³/mol. The van der Waals surface area contributed by atoms with Crippen molar-refractivity contribution in [2.75, 3.05) is 59.8 Å². The third-order valence-electron chi connectivity index (χ3n) is 8.70. The third kappa shape index (κ3) is 7.34. The number of carbonyl (C=O) groups excluding carboxylic acids is 1. The molecule has 3 aliphatic rings. The van der Waals surface area contributed by atoms with E-state index in [0.717, 1.165) is 94.9 Å². The smallest absolute Gasteiger partial charge is 0.244 e. The topological polar surface area (TPSA) is 98.1 Å². The highest BCUT2D eigenvalue weighted by molar-refractivity contribution is 5.76. The minimum absolute atomic E-state index is 0.0702. The van der Waals surface area contributed by atoms with E-state index < -0.39 is 0 Å². The number of hydrogen-bond donors (Lipinski definition) is 0. The van der Waals surface area contributed by atoms with Gasteiger partial charge in [-0.1, -0.05) is 36.8 Å². The molecule has 0 spiro atoms. The quantitative estimate of drug-likeness (QED) is 0.444. The Balaban J connectivity index is 1.13. The van der Waals surface area contributed by atoms with Gasteiger partial charge in [-0.15, -0.1) is 5.10 Å². The van der Waals surface area contributed by atoms with Crippen molar-refractivity contribution in [2.45, 2.75) is 57.7 Å². The van der Waals surface area contributed by atoms with Gasteiger partial charge < -0.3 is 24.0 Å². The van der Waals surface area contributed by atoms with Crippen LogP contribution in [0.5, 0.6) is 11.5 Å². The molecule has 1 unspecified atom stereocenters. The van der Waals surface area contributed by atoms with Crippen molar-refractivity contribution in [3.8, 4) is 11.5 Å². The number of benzene rings is 2. The lowest BCUT2D eigenvalue weighted by Crippen LogP contribution is -2.41. The predicted octanol–water partition coefficient (Wildman–Crippen LogP) is 3.29. The van der Waals surface area contributed by atoms with Gasteiger partial charge in [-0.25, -0.2) is 4.68 Å². The molecule has 1 saturated heterocycles. The summed E-state index contributed by atoms with van der Waals surface area (Å²) in [5.41, 5.74) is 3.77. The molecule has 4 heterocycles. The number of morpholine rings is 1. The van der Waals surface area contributed by atoms with Gasteiger partial charge in [-0.2, -0.15) is 0 Å². The van der Waals surface area contributed by atoms with Crippen molar-refractivity contribution in [3.63, 3.8) is 0 Å². The first-order valence-electron chi connectivity index (χ1n) is 15.7. The number of nitrogens with zero attached hydrogens (tertiary/aromatic N) is 7. The second kappa shape index (κ2) is 14.3. The van der Waals surface area contributed by atoms with Gasteiger partial charge >= 0.3 is 0 Å². The summed E-state index contributed by atoms with van der Waals surface area (Å²) < 4.78 is 18.6. The number of rotatable bonds is 5. The summed E-state index contributed by atoms with van der Waals surface area (Å²) in [6.07, 6.45) is 6.04. The van der Waals surface area contributed by atoms with Gasteiger partial charge in [0.15, 0.2) is 17.3 Å². The Bertz CT molecular complexity index is 1340. The van der Waals surface area contributed by atoms with E-state index in [1.54, 1.807) is 4.68 Å². The molecule has 0 saturated carbocycles. The molecule has 1 amide bonds. The summed E-state index contributed by atoms with van der Waals surface area (Å²) in [4.78, 5) is 20.5. The van der Waals surface area contributed by atoms with Crippen LogP contribution < -0.4 is 9.47 Å². The molecular formula is C32H43N7O4. The Morgan fingerprint density at radius 3 is 2.40 bits per heavy atom. The van der Waals surface area contributed by atoms with E-state index >= 15 is 0 Å². The van der Waals surface area contributed by atoms with Gasteiger partial charge in [0.05, 0.1) is 19.3 Å².